The number of aryl methyl sites for hydroxylation is 1. The monoisotopic (exact) mass is 1150 g/mol. The van der Waals surface area contributed by atoms with Crippen LogP contribution in [0.1, 0.15) is 123 Å². The molecule has 20 nitrogen and oxygen atoms in total. The van der Waals surface area contributed by atoms with Crippen LogP contribution in [0.2, 0.25) is 0 Å². The fraction of sp³-hybridized carbons (Fsp3) is 0.556. The van der Waals surface area contributed by atoms with Crippen molar-refractivity contribution in [2.24, 2.45) is 23.7 Å². The summed E-state index contributed by atoms with van der Waals surface area (Å²) in [5.74, 6) is -6.73. The molecule has 1 fully saturated rings. The molecule has 1 aromatic heterocycles. The second kappa shape index (κ2) is 30.6. The average Bonchev–Trinajstić information content (AvgIpc) is 3.94. The van der Waals surface area contributed by atoms with Crippen molar-refractivity contribution in [3.05, 3.63) is 113 Å². The molecule has 83 heavy (non-hydrogen) atoms. The summed E-state index contributed by atoms with van der Waals surface area (Å²) in [7, 11) is 5.55. The van der Waals surface area contributed by atoms with E-state index in [1.54, 1.807) is 53.3 Å². The molecule has 0 N–H and O–H groups in total. The lowest BCUT2D eigenvalue weighted by Gasteiger charge is -2.35. The molecule has 1 saturated heterocycles. The summed E-state index contributed by atoms with van der Waals surface area (Å²) >= 11 is 0. The van der Waals surface area contributed by atoms with Gasteiger partial charge in [0.05, 0.1) is 12.7 Å². The lowest BCUT2D eigenvalue weighted by molar-refractivity contribution is -0.176. The molecule has 4 aromatic rings. The highest BCUT2D eigenvalue weighted by Crippen LogP contribution is 2.25. The third-order valence-electron chi connectivity index (χ3n) is 14.5. The van der Waals surface area contributed by atoms with Crippen LogP contribution in [0.15, 0.2) is 85.1 Å². The van der Waals surface area contributed by atoms with Crippen LogP contribution in [-0.2, 0) is 83.3 Å². The van der Waals surface area contributed by atoms with Crippen LogP contribution in [0.3, 0.4) is 0 Å². The first kappa shape index (κ1) is 66.2. The van der Waals surface area contributed by atoms with Gasteiger partial charge in [-0.15, -0.1) is 5.10 Å². The van der Waals surface area contributed by atoms with E-state index in [2.05, 4.69) is 10.3 Å². The Kier molecular flexibility index (Phi) is 24.4. The molecule has 20 heteroatoms. The molecule has 3 aromatic carbocycles. The fourth-order valence-corrected chi connectivity index (χ4v) is 9.76. The molecule has 0 unspecified atom stereocenters. The maximum atomic E-state index is 15.1. The maximum Gasteiger partial charge on any atom is 0.329 e. The second-order valence-corrected chi connectivity index (χ2v) is 23.6. The Bertz CT molecular complexity index is 2800. The van der Waals surface area contributed by atoms with Gasteiger partial charge < -0.3 is 43.3 Å². The van der Waals surface area contributed by atoms with Gasteiger partial charge in [-0.25, -0.2) is 23.9 Å². The summed E-state index contributed by atoms with van der Waals surface area (Å²) in [4.78, 5) is 121. The van der Waals surface area contributed by atoms with Crippen molar-refractivity contribution >= 4 is 47.5 Å². The van der Waals surface area contributed by atoms with Gasteiger partial charge in [-0.05, 0) is 98.9 Å². The predicted molar refractivity (Wildman–Crippen MR) is 310 cm³/mol. The minimum atomic E-state index is -1.56. The third kappa shape index (κ3) is 19.2. The molecule has 4 amide bonds. The van der Waals surface area contributed by atoms with Gasteiger partial charge in [0, 0.05) is 41.0 Å². The molecule has 0 radical (unpaired) electrons. The minimum Gasteiger partial charge on any atom is -0.487 e. The lowest BCUT2D eigenvalue weighted by Crippen LogP contribution is -2.55. The topological polar surface area (TPSA) is 226 Å². The van der Waals surface area contributed by atoms with Crippen LogP contribution in [0.5, 0.6) is 5.75 Å². The number of nitrogens with zero attached hydrogens (tertiary/aromatic N) is 7. The highest BCUT2D eigenvalue weighted by atomic mass is 16.6. The van der Waals surface area contributed by atoms with Gasteiger partial charge in [-0.1, -0.05) is 133 Å². The van der Waals surface area contributed by atoms with Crippen LogP contribution in [0, 0.1) is 30.6 Å². The van der Waals surface area contributed by atoms with E-state index < -0.39 is 96.1 Å². The Morgan fingerprint density at radius 2 is 0.831 bits per heavy atom. The van der Waals surface area contributed by atoms with Crippen LogP contribution in [-0.4, -0.2) is 159 Å². The molecule has 1 aliphatic rings. The van der Waals surface area contributed by atoms with E-state index in [1.807, 2.05) is 98.7 Å². The van der Waals surface area contributed by atoms with Gasteiger partial charge in [0.15, 0.2) is 24.4 Å². The van der Waals surface area contributed by atoms with E-state index in [-0.39, 0.29) is 68.8 Å². The number of hydrogen-bond acceptors (Lipinski definition) is 15. The van der Waals surface area contributed by atoms with E-state index in [9.17, 15) is 33.6 Å². The standard InChI is InChI=1S/C63H87N7O13/c1-38(2)29-50-60(75)80-44(11)57(72)67(13)53(32-41(7)8)63(78)83-55(34-46-23-25-47(26-24-46)35-70-36-48(64-65-70)37-79-49-27-21-42(9)22-28-49)59(74)69(15)51(30-39(3)4)61(76)81-43(10)56(71)66(12)52(31-40(5)6)62(77)82-54(58(73)68(50)14)33-45-19-17-16-18-20-45/h16-28,36,38-41,43-44,50-55H,29-35,37H2,1-15H3/t43-,44-,50+,51+,52+,53+,54-,55-/m1/s1. The van der Waals surface area contributed by atoms with Gasteiger partial charge in [0.2, 0.25) is 0 Å². The van der Waals surface area contributed by atoms with Crippen molar-refractivity contribution < 1.29 is 62.0 Å². The summed E-state index contributed by atoms with van der Waals surface area (Å²) in [6, 6.07) is 18.7. The molecule has 0 saturated carbocycles. The maximum absolute atomic E-state index is 15.1. The first-order valence-electron chi connectivity index (χ1n) is 28.7. The highest BCUT2D eigenvalue weighted by Gasteiger charge is 2.43. The number of hydrogen-bond donors (Lipinski definition) is 0. The molecule has 1 aliphatic heterocycles. The zero-order valence-electron chi connectivity index (χ0n) is 51.1. The van der Waals surface area contributed by atoms with Crippen LogP contribution < -0.4 is 4.74 Å². The number of carbonyl (C=O) groups is 8. The van der Waals surface area contributed by atoms with Gasteiger partial charge in [-0.2, -0.15) is 0 Å². The molecule has 0 bridgehead atoms. The highest BCUT2D eigenvalue weighted by molar-refractivity contribution is 5.94. The summed E-state index contributed by atoms with van der Waals surface area (Å²) < 4.78 is 31.7. The molecular weight excluding hydrogens is 1060 g/mol. The molecule has 5 rings (SSSR count). The predicted octanol–water partition coefficient (Wildman–Crippen LogP) is 7.19. The Labute approximate surface area is 489 Å². The number of benzene rings is 3. The van der Waals surface area contributed by atoms with Crippen molar-refractivity contribution in [1.82, 2.24) is 34.6 Å². The SMILES string of the molecule is Cc1ccc(OCc2cn(Cc3ccc(C[C@H]4OC(=O)[C@H](CC(C)C)N(C)C(=O)[C@@H](C)OC(=O)[C@H](CC(C)C)N(C)C(=O)[C@@H](Cc5ccccc5)OC(=O)[C@H](CC(C)C)N(C)C(=O)[C@@H](C)OC(=O)[C@H](CC(C)C)N(C)C4=O)cc3)nn2)cc1. The Hall–Kier alpha value is -7.64. The zero-order chi connectivity index (χ0) is 61.4. The summed E-state index contributed by atoms with van der Waals surface area (Å²) in [5, 5.41) is 8.52. The number of aromatic nitrogens is 3. The number of ether oxygens (including phenoxy) is 5. The smallest absolute Gasteiger partial charge is 0.329 e. The van der Waals surface area contributed by atoms with E-state index in [0.29, 0.717) is 29.1 Å². The van der Waals surface area contributed by atoms with E-state index in [1.165, 1.54) is 42.0 Å². The quantitative estimate of drug-likeness (QED) is 0.0753. The Morgan fingerprint density at radius 3 is 1.23 bits per heavy atom. The van der Waals surface area contributed by atoms with Crippen LogP contribution in [0.25, 0.3) is 0 Å². The van der Waals surface area contributed by atoms with Crippen molar-refractivity contribution in [3.63, 3.8) is 0 Å². The largest absolute Gasteiger partial charge is 0.487 e. The summed E-state index contributed by atoms with van der Waals surface area (Å²) in [5.41, 5.74) is 3.81. The first-order chi connectivity index (χ1) is 39.1. The van der Waals surface area contributed by atoms with Gasteiger partial charge in [0.25, 0.3) is 23.6 Å². The normalized spacial score (nSPS) is 22.7. The number of esters is 4. The zero-order valence-corrected chi connectivity index (χ0v) is 51.1. The molecule has 452 valence electrons. The molecular formula is C63H87N7O13. The summed E-state index contributed by atoms with van der Waals surface area (Å²) in [6.45, 7) is 20.1. The van der Waals surface area contributed by atoms with Gasteiger partial charge in [0.1, 0.15) is 42.2 Å². The third-order valence-corrected chi connectivity index (χ3v) is 14.5. The minimum absolute atomic E-state index is 0.0741. The number of cyclic esters (lactones) is 4. The molecule has 2 heterocycles. The first-order valence-corrected chi connectivity index (χ1v) is 28.7. The number of amides is 4. The van der Waals surface area contributed by atoms with E-state index in [4.69, 9.17) is 23.7 Å². The Morgan fingerprint density at radius 1 is 0.470 bits per heavy atom. The molecule has 0 spiro atoms. The Balaban J connectivity index is 1.54. The van der Waals surface area contributed by atoms with E-state index in [0.717, 1.165) is 30.7 Å². The molecule has 8 atom stereocenters. The number of likely N-dealkylation sites (N-methyl/N-ethyl adjacent to an activating group) is 4. The number of rotatable bonds is 17. The van der Waals surface area contributed by atoms with Crippen LogP contribution >= 0.6 is 0 Å². The average molecular weight is 1150 g/mol. The number of carbonyl (C=O) groups excluding carboxylic acids is 8. The van der Waals surface area contributed by atoms with E-state index >= 15 is 4.79 Å². The van der Waals surface area contributed by atoms with Crippen molar-refractivity contribution in [3.8, 4) is 5.75 Å². The van der Waals surface area contributed by atoms with Gasteiger partial charge >= 0.3 is 23.9 Å². The van der Waals surface area contributed by atoms with Gasteiger partial charge in [-0.3, -0.25) is 19.2 Å². The fourth-order valence-electron chi connectivity index (χ4n) is 9.76. The molecule has 0 aliphatic carbocycles. The summed E-state index contributed by atoms with van der Waals surface area (Å²) in [6.07, 6.45) is -4.16. The van der Waals surface area contributed by atoms with Crippen molar-refractivity contribution in [2.75, 3.05) is 28.2 Å². The van der Waals surface area contributed by atoms with Crippen LogP contribution in [0.4, 0.5) is 0 Å². The second-order valence-electron chi connectivity index (χ2n) is 23.6. The van der Waals surface area contributed by atoms with Crippen molar-refractivity contribution in [1.29, 1.82) is 0 Å². The lowest BCUT2D eigenvalue weighted by atomic mass is 9.99. The van der Waals surface area contributed by atoms with Crippen molar-refractivity contribution in [2.45, 2.75) is 176 Å².